The highest BCUT2D eigenvalue weighted by Crippen LogP contribution is 2.33. The number of pyridine rings is 1. The number of H-pyrrole nitrogens is 1. The fourth-order valence-electron chi connectivity index (χ4n) is 3.70. The minimum absolute atomic E-state index is 0.0354. The topological polar surface area (TPSA) is 111 Å². The van der Waals surface area contributed by atoms with Crippen molar-refractivity contribution in [2.75, 3.05) is 12.4 Å². The van der Waals surface area contributed by atoms with E-state index in [1.54, 1.807) is 6.20 Å². The Morgan fingerprint density at radius 1 is 1.40 bits per heavy atom. The maximum atomic E-state index is 12.6. The van der Waals surface area contributed by atoms with E-state index in [0.29, 0.717) is 5.92 Å². The van der Waals surface area contributed by atoms with Gasteiger partial charge in [-0.3, -0.25) is 10.2 Å². The second-order valence-electron chi connectivity index (χ2n) is 6.94. The summed E-state index contributed by atoms with van der Waals surface area (Å²) in [6, 6.07) is 3.98. The Labute approximate surface area is 147 Å². The molecule has 1 amide bonds. The molecule has 5 N–H and O–H groups in total. The van der Waals surface area contributed by atoms with Gasteiger partial charge in [0, 0.05) is 36.8 Å². The molecule has 0 spiro atoms. The molecule has 3 rings (SSSR count). The van der Waals surface area contributed by atoms with Crippen molar-refractivity contribution >= 4 is 28.6 Å². The second kappa shape index (κ2) is 7.13. The van der Waals surface area contributed by atoms with Gasteiger partial charge in [0.2, 0.25) is 5.91 Å². The Balaban J connectivity index is 1.58. The Bertz CT molecular complexity index is 762. The van der Waals surface area contributed by atoms with Crippen LogP contribution in [-0.4, -0.2) is 39.8 Å². The van der Waals surface area contributed by atoms with E-state index >= 15 is 0 Å². The van der Waals surface area contributed by atoms with Crippen molar-refractivity contribution in [3.63, 3.8) is 0 Å². The highest BCUT2D eigenvalue weighted by Gasteiger charge is 2.31. The predicted octanol–water partition coefficient (Wildman–Crippen LogP) is 2.52. The molecule has 7 heteroatoms. The number of hydrogen-bond acceptors (Lipinski definition) is 3. The minimum atomic E-state index is 0.0354. The zero-order valence-corrected chi connectivity index (χ0v) is 14.7. The number of rotatable bonds is 4. The van der Waals surface area contributed by atoms with Gasteiger partial charge >= 0.3 is 0 Å². The van der Waals surface area contributed by atoms with Crippen LogP contribution in [0, 0.1) is 17.2 Å². The number of carbonyl (C=O) groups is 1. The van der Waals surface area contributed by atoms with Crippen LogP contribution in [0.15, 0.2) is 24.5 Å². The van der Waals surface area contributed by atoms with Crippen molar-refractivity contribution in [1.82, 2.24) is 14.9 Å². The minimum Gasteiger partial charge on any atom is -0.370 e. The molecule has 1 unspecified atom stereocenters. The molecule has 0 saturated heterocycles. The van der Waals surface area contributed by atoms with Crippen LogP contribution < -0.4 is 11.1 Å². The maximum absolute atomic E-state index is 12.6. The molecule has 2 aromatic heterocycles. The average molecular weight is 342 g/mol. The highest BCUT2D eigenvalue weighted by atomic mass is 16.1. The molecular weight excluding hydrogens is 316 g/mol. The maximum Gasteiger partial charge on any atom is 0.227 e. The lowest BCUT2D eigenvalue weighted by Crippen LogP contribution is -2.44. The molecule has 1 aliphatic carbocycles. The van der Waals surface area contributed by atoms with Crippen molar-refractivity contribution in [2.45, 2.75) is 38.6 Å². The third-order valence-corrected chi connectivity index (χ3v) is 5.53. The number of aromatic amines is 1. The van der Waals surface area contributed by atoms with E-state index in [4.69, 9.17) is 11.1 Å². The third kappa shape index (κ3) is 3.60. The Kier molecular flexibility index (Phi) is 4.92. The largest absolute Gasteiger partial charge is 0.370 e. The molecular formula is C18H26N6O. The summed E-state index contributed by atoms with van der Waals surface area (Å²) in [6.07, 6.45) is 7.22. The normalized spacial score (nSPS) is 21.7. The van der Waals surface area contributed by atoms with Crippen LogP contribution >= 0.6 is 0 Å². The number of nitrogens with one attached hydrogen (secondary N) is 3. The molecule has 134 valence electrons. The Morgan fingerprint density at radius 2 is 2.12 bits per heavy atom. The van der Waals surface area contributed by atoms with E-state index in [9.17, 15) is 4.79 Å². The first-order valence-electron chi connectivity index (χ1n) is 8.77. The van der Waals surface area contributed by atoms with E-state index in [0.717, 1.165) is 42.4 Å². The Hall–Kier alpha value is -2.57. The number of nitrogens with two attached hydrogens (primary N) is 1. The first kappa shape index (κ1) is 17.3. The molecule has 1 atom stereocenters. The predicted molar refractivity (Wildman–Crippen MR) is 99.3 cm³/mol. The highest BCUT2D eigenvalue weighted by molar-refractivity contribution is 6.00. The third-order valence-electron chi connectivity index (χ3n) is 5.53. The van der Waals surface area contributed by atoms with Crippen molar-refractivity contribution < 1.29 is 4.79 Å². The fourth-order valence-corrected chi connectivity index (χ4v) is 3.70. The molecule has 25 heavy (non-hydrogen) atoms. The molecule has 1 fully saturated rings. The van der Waals surface area contributed by atoms with Crippen molar-refractivity contribution in [2.24, 2.45) is 17.6 Å². The van der Waals surface area contributed by atoms with Crippen LogP contribution in [0.25, 0.3) is 11.0 Å². The van der Waals surface area contributed by atoms with Crippen LogP contribution in [0.4, 0.5) is 5.69 Å². The number of nitrogens with zero attached hydrogens (tertiary/aromatic N) is 2. The van der Waals surface area contributed by atoms with Gasteiger partial charge in [-0.25, -0.2) is 4.98 Å². The number of aromatic nitrogens is 2. The standard InChI is InChI=1S/C18H26N6O/c1-11(24(2)18(19)20)12-3-5-13(6-4-12)17(25)23-15-8-10-22-16-14(15)7-9-21-16/h7-13H,3-6H2,1-2H3,(H3,19,20)(H2,21,22,23,25). The van der Waals surface area contributed by atoms with Crippen molar-refractivity contribution in [1.29, 1.82) is 5.41 Å². The summed E-state index contributed by atoms with van der Waals surface area (Å²) in [5, 5.41) is 11.6. The lowest BCUT2D eigenvalue weighted by Gasteiger charge is -2.36. The van der Waals surface area contributed by atoms with Crippen molar-refractivity contribution in [3.8, 4) is 0 Å². The van der Waals surface area contributed by atoms with E-state index in [2.05, 4.69) is 22.2 Å². The number of guanidine groups is 1. The molecule has 2 aromatic rings. The number of anilines is 1. The molecule has 1 saturated carbocycles. The van der Waals surface area contributed by atoms with Crippen LogP contribution in [0.5, 0.6) is 0 Å². The number of hydrogen-bond donors (Lipinski definition) is 4. The molecule has 0 aromatic carbocycles. The van der Waals surface area contributed by atoms with Crippen LogP contribution in [0.3, 0.4) is 0 Å². The summed E-state index contributed by atoms with van der Waals surface area (Å²) in [7, 11) is 1.86. The van der Waals surface area contributed by atoms with Gasteiger partial charge in [0.05, 0.1) is 5.69 Å². The van der Waals surface area contributed by atoms with E-state index in [-0.39, 0.29) is 23.8 Å². The summed E-state index contributed by atoms with van der Waals surface area (Å²) < 4.78 is 0. The second-order valence-corrected chi connectivity index (χ2v) is 6.94. The number of amides is 1. The lowest BCUT2D eigenvalue weighted by molar-refractivity contribution is -0.121. The smallest absolute Gasteiger partial charge is 0.227 e. The number of carbonyl (C=O) groups excluding carboxylic acids is 1. The van der Waals surface area contributed by atoms with Gasteiger partial charge in [-0.2, -0.15) is 0 Å². The van der Waals surface area contributed by atoms with Gasteiger partial charge in [-0.15, -0.1) is 0 Å². The van der Waals surface area contributed by atoms with Crippen LogP contribution in [0.2, 0.25) is 0 Å². The fraction of sp³-hybridized carbons (Fsp3) is 0.500. The summed E-state index contributed by atoms with van der Waals surface area (Å²) in [5.41, 5.74) is 7.17. The van der Waals surface area contributed by atoms with Gasteiger partial charge in [-0.05, 0) is 50.7 Å². The SMILES string of the molecule is CC(C1CCC(C(=O)Nc2ccnc3[nH]ccc23)CC1)N(C)C(=N)N. The van der Waals surface area contributed by atoms with E-state index in [1.807, 2.05) is 30.3 Å². The zero-order valence-electron chi connectivity index (χ0n) is 14.7. The van der Waals surface area contributed by atoms with Gasteiger partial charge in [0.1, 0.15) is 5.65 Å². The zero-order chi connectivity index (χ0) is 18.0. The van der Waals surface area contributed by atoms with Crippen molar-refractivity contribution in [3.05, 3.63) is 24.5 Å². The summed E-state index contributed by atoms with van der Waals surface area (Å²) >= 11 is 0. The number of fused-ring (bicyclic) bond motifs is 1. The molecule has 0 bridgehead atoms. The molecule has 1 aliphatic rings. The molecule has 0 aliphatic heterocycles. The van der Waals surface area contributed by atoms with E-state index < -0.39 is 0 Å². The first-order chi connectivity index (χ1) is 12.0. The van der Waals surface area contributed by atoms with Crippen LogP contribution in [0.1, 0.15) is 32.6 Å². The molecule has 2 heterocycles. The Morgan fingerprint density at radius 3 is 2.80 bits per heavy atom. The van der Waals surface area contributed by atoms with Gasteiger partial charge in [0.25, 0.3) is 0 Å². The van der Waals surface area contributed by atoms with Gasteiger partial charge < -0.3 is 20.9 Å². The summed E-state index contributed by atoms with van der Waals surface area (Å²) in [6.45, 7) is 2.10. The summed E-state index contributed by atoms with van der Waals surface area (Å²) in [4.78, 5) is 21.8. The molecule has 7 nitrogen and oxygen atoms in total. The quantitative estimate of drug-likeness (QED) is 0.505. The van der Waals surface area contributed by atoms with Gasteiger partial charge in [-0.1, -0.05) is 0 Å². The monoisotopic (exact) mass is 342 g/mol. The van der Waals surface area contributed by atoms with Crippen LogP contribution in [-0.2, 0) is 4.79 Å². The van der Waals surface area contributed by atoms with Gasteiger partial charge in [0.15, 0.2) is 5.96 Å². The lowest BCUT2D eigenvalue weighted by atomic mass is 9.78. The molecule has 0 radical (unpaired) electrons. The summed E-state index contributed by atoms with van der Waals surface area (Å²) in [5.74, 6) is 0.684. The first-order valence-corrected chi connectivity index (χ1v) is 8.77. The van der Waals surface area contributed by atoms with E-state index in [1.165, 1.54) is 0 Å². The average Bonchev–Trinajstić information content (AvgIpc) is 3.10.